The zero-order valence-corrected chi connectivity index (χ0v) is 18.1. The first-order valence-electron chi connectivity index (χ1n) is 10.2. The van der Waals surface area contributed by atoms with Crippen LogP contribution in [0.4, 0.5) is 23.0 Å². The van der Waals surface area contributed by atoms with Crippen molar-refractivity contribution in [1.82, 2.24) is 10.3 Å². The molecule has 0 aliphatic carbocycles. The summed E-state index contributed by atoms with van der Waals surface area (Å²) < 4.78 is 5.67. The summed E-state index contributed by atoms with van der Waals surface area (Å²) in [5.74, 6) is 0.665. The first kappa shape index (κ1) is 23.1. The molecule has 0 aliphatic rings. The molecule has 0 atom stereocenters. The Balaban J connectivity index is 1.60. The SMILES string of the molecule is C=C(CC)Oc1ccccc1N=Nc1ccc(NC(=O)CNC(=O)c2ccccc2)nc1N. The fourth-order valence-corrected chi connectivity index (χ4v) is 2.62. The van der Waals surface area contributed by atoms with E-state index in [0.717, 1.165) is 0 Å². The Kier molecular flexibility index (Phi) is 7.85. The number of ether oxygens (including phenoxy) is 1. The maximum Gasteiger partial charge on any atom is 0.251 e. The van der Waals surface area contributed by atoms with E-state index < -0.39 is 5.91 Å². The largest absolute Gasteiger partial charge is 0.460 e. The number of carbonyl (C=O) groups excluding carboxylic acids is 2. The van der Waals surface area contributed by atoms with Gasteiger partial charge in [0.05, 0.1) is 12.3 Å². The van der Waals surface area contributed by atoms with E-state index in [1.807, 2.05) is 19.1 Å². The Morgan fingerprint density at radius 2 is 1.70 bits per heavy atom. The molecule has 1 aromatic heterocycles. The van der Waals surface area contributed by atoms with Crippen LogP contribution in [0.3, 0.4) is 0 Å². The van der Waals surface area contributed by atoms with Crippen molar-refractivity contribution in [2.75, 3.05) is 17.6 Å². The fraction of sp³-hybridized carbons (Fsp3) is 0.125. The van der Waals surface area contributed by atoms with Crippen molar-refractivity contribution < 1.29 is 14.3 Å². The number of rotatable bonds is 9. The standard InChI is InChI=1S/C24H24N6O3/c1-3-16(2)33-20-12-8-7-11-18(20)29-30-19-13-14-21(28-23(19)25)27-22(31)15-26-24(32)17-9-5-4-6-10-17/h4-14H,2-3,15H2,1H3,(H,26,32)(H3,25,27,28,31). The van der Waals surface area contributed by atoms with E-state index in [1.165, 1.54) is 0 Å². The lowest BCUT2D eigenvalue weighted by molar-refractivity contribution is -0.115. The first-order chi connectivity index (χ1) is 16.0. The number of allylic oxidation sites excluding steroid dienone is 1. The Morgan fingerprint density at radius 1 is 1.00 bits per heavy atom. The molecule has 0 unspecified atom stereocenters. The van der Waals surface area contributed by atoms with Gasteiger partial charge in [-0.3, -0.25) is 9.59 Å². The predicted molar refractivity (Wildman–Crippen MR) is 127 cm³/mol. The van der Waals surface area contributed by atoms with Crippen LogP contribution in [0.2, 0.25) is 0 Å². The number of hydrogen-bond acceptors (Lipinski definition) is 7. The van der Waals surface area contributed by atoms with Crippen molar-refractivity contribution in [2.45, 2.75) is 13.3 Å². The number of carbonyl (C=O) groups is 2. The van der Waals surface area contributed by atoms with Crippen LogP contribution in [0.1, 0.15) is 23.7 Å². The minimum absolute atomic E-state index is 0.0845. The van der Waals surface area contributed by atoms with E-state index in [1.54, 1.807) is 54.6 Å². The Bertz CT molecular complexity index is 1180. The van der Waals surface area contributed by atoms with E-state index in [2.05, 4.69) is 32.4 Å². The number of nitrogens with two attached hydrogens (primary N) is 1. The topological polar surface area (TPSA) is 131 Å². The van der Waals surface area contributed by atoms with E-state index in [0.29, 0.717) is 34.9 Å². The number of nitrogens with one attached hydrogen (secondary N) is 2. The van der Waals surface area contributed by atoms with Gasteiger partial charge in [0.2, 0.25) is 5.91 Å². The number of benzene rings is 2. The number of amides is 2. The molecule has 0 bridgehead atoms. The molecule has 0 radical (unpaired) electrons. The van der Waals surface area contributed by atoms with Gasteiger partial charge in [0, 0.05) is 12.0 Å². The molecule has 168 valence electrons. The maximum absolute atomic E-state index is 12.1. The molecule has 1 heterocycles. The second-order valence-corrected chi connectivity index (χ2v) is 6.86. The second-order valence-electron chi connectivity index (χ2n) is 6.86. The molecule has 0 saturated carbocycles. The molecule has 33 heavy (non-hydrogen) atoms. The quantitative estimate of drug-likeness (QED) is 0.324. The Morgan fingerprint density at radius 3 is 2.42 bits per heavy atom. The summed E-state index contributed by atoms with van der Waals surface area (Å²) in [6, 6.07) is 18.9. The lowest BCUT2D eigenvalue weighted by atomic mass is 10.2. The summed E-state index contributed by atoms with van der Waals surface area (Å²) in [6.07, 6.45) is 0.672. The van der Waals surface area contributed by atoms with Gasteiger partial charge in [-0.15, -0.1) is 10.2 Å². The summed E-state index contributed by atoms with van der Waals surface area (Å²) in [5.41, 5.74) is 7.27. The zero-order valence-electron chi connectivity index (χ0n) is 18.1. The zero-order chi connectivity index (χ0) is 23.6. The lowest BCUT2D eigenvalue weighted by Crippen LogP contribution is -2.33. The molecule has 0 aliphatic heterocycles. The Hall–Kier alpha value is -4.53. The van der Waals surface area contributed by atoms with E-state index in [-0.39, 0.29) is 24.1 Å². The highest BCUT2D eigenvalue weighted by Crippen LogP contribution is 2.31. The number of nitrogen functional groups attached to an aromatic ring is 1. The van der Waals surface area contributed by atoms with Crippen LogP contribution in [0.5, 0.6) is 5.75 Å². The molecule has 0 fully saturated rings. The molecule has 0 saturated heterocycles. The van der Waals surface area contributed by atoms with Crippen LogP contribution in [0.25, 0.3) is 0 Å². The third-order valence-electron chi connectivity index (χ3n) is 4.39. The van der Waals surface area contributed by atoms with Crippen molar-refractivity contribution >= 4 is 34.8 Å². The molecular weight excluding hydrogens is 420 g/mol. The van der Waals surface area contributed by atoms with Crippen LogP contribution in [-0.4, -0.2) is 23.3 Å². The fourth-order valence-electron chi connectivity index (χ4n) is 2.62. The highest BCUT2D eigenvalue weighted by molar-refractivity contribution is 5.99. The second kappa shape index (κ2) is 11.2. The smallest absolute Gasteiger partial charge is 0.251 e. The van der Waals surface area contributed by atoms with Crippen molar-refractivity contribution in [2.24, 2.45) is 10.2 Å². The summed E-state index contributed by atoms with van der Waals surface area (Å²) in [4.78, 5) is 28.3. The minimum Gasteiger partial charge on any atom is -0.460 e. The first-order valence-corrected chi connectivity index (χ1v) is 10.2. The number of hydrogen-bond donors (Lipinski definition) is 3. The minimum atomic E-state index is -0.442. The van der Waals surface area contributed by atoms with Gasteiger partial charge in [0.15, 0.2) is 11.6 Å². The molecule has 3 aromatic rings. The number of para-hydroxylation sites is 1. The average Bonchev–Trinajstić information content (AvgIpc) is 2.83. The number of azo groups is 1. The van der Waals surface area contributed by atoms with E-state index in [9.17, 15) is 9.59 Å². The molecule has 2 aromatic carbocycles. The van der Waals surface area contributed by atoms with Crippen LogP contribution in [0, 0.1) is 0 Å². The molecule has 0 spiro atoms. The van der Waals surface area contributed by atoms with Gasteiger partial charge in [0.25, 0.3) is 5.91 Å². The third-order valence-corrected chi connectivity index (χ3v) is 4.39. The van der Waals surface area contributed by atoms with Crippen molar-refractivity contribution in [3.05, 3.63) is 84.6 Å². The number of pyridine rings is 1. The van der Waals surface area contributed by atoms with Gasteiger partial charge < -0.3 is 21.1 Å². The van der Waals surface area contributed by atoms with Crippen molar-refractivity contribution in [1.29, 1.82) is 0 Å². The lowest BCUT2D eigenvalue weighted by Gasteiger charge is -2.09. The van der Waals surface area contributed by atoms with Gasteiger partial charge in [-0.25, -0.2) is 4.98 Å². The highest BCUT2D eigenvalue weighted by atomic mass is 16.5. The van der Waals surface area contributed by atoms with Gasteiger partial charge >= 0.3 is 0 Å². The van der Waals surface area contributed by atoms with Gasteiger partial charge in [-0.05, 0) is 36.4 Å². The summed E-state index contributed by atoms with van der Waals surface area (Å²) >= 11 is 0. The molecule has 3 rings (SSSR count). The molecule has 4 N–H and O–H groups in total. The van der Waals surface area contributed by atoms with Crippen molar-refractivity contribution in [3.63, 3.8) is 0 Å². The van der Waals surface area contributed by atoms with Crippen LogP contribution < -0.4 is 21.1 Å². The maximum atomic E-state index is 12.1. The number of aromatic nitrogens is 1. The summed E-state index contributed by atoms with van der Waals surface area (Å²) in [6.45, 7) is 5.56. The predicted octanol–water partition coefficient (Wildman–Crippen LogP) is 4.75. The van der Waals surface area contributed by atoms with Gasteiger partial charge in [-0.2, -0.15) is 0 Å². The third kappa shape index (κ3) is 6.73. The van der Waals surface area contributed by atoms with Crippen LogP contribution in [-0.2, 0) is 4.79 Å². The molecule has 9 heteroatoms. The Labute approximate surface area is 191 Å². The van der Waals surface area contributed by atoms with Crippen LogP contribution in [0.15, 0.2) is 89.3 Å². The number of nitrogens with zero attached hydrogens (tertiary/aromatic N) is 3. The van der Waals surface area contributed by atoms with Gasteiger partial charge in [-0.1, -0.05) is 43.8 Å². The monoisotopic (exact) mass is 444 g/mol. The van der Waals surface area contributed by atoms with E-state index >= 15 is 0 Å². The van der Waals surface area contributed by atoms with E-state index in [4.69, 9.17) is 10.5 Å². The van der Waals surface area contributed by atoms with Gasteiger partial charge in [0.1, 0.15) is 17.2 Å². The molecule has 9 nitrogen and oxygen atoms in total. The summed E-state index contributed by atoms with van der Waals surface area (Å²) in [7, 11) is 0. The highest BCUT2D eigenvalue weighted by Gasteiger charge is 2.10. The molecular formula is C24H24N6O3. The number of anilines is 2. The average molecular weight is 444 g/mol. The van der Waals surface area contributed by atoms with Crippen molar-refractivity contribution in [3.8, 4) is 5.75 Å². The normalized spacial score (nSPS) is 10.6. The summed E-state index contributed by atoms with van der Waals surface area (Å²) in [5, 5.41) is 13.5. The van der Waals surface area contributed by atoms with Crippen LogP contribution >= 0.6 is 0 Å². The molecule has 2 amide bonds.